The second-order valence-corrected chi connectivity index (χ2v) is 8.96. The topological polar surface area (TPSA) is 72.0 Å². The number of aromatic nitrogens is 3. The lowest BCUT2D eigenvalue weighted by atomic mass is 9.77. The number of allylic oxidation sites excluding steroid dienone is 1. The van der Waals surface area contributed by atoms with Gasteiger partial charge in [-0.2, -0.15) is 0 Å². The molecule has 2 aromatic rings. The van der Waals surface area contributed by atoms with Crippen LogP contribution in [0.1, 0.15) is 95.0 Å². The molecule has 6 nitrogen and oxygen atoms in total. The molecule has 3 N–H and O–H groups in total. The lowest BCUT2D eigenvalue weighted by Crippen LogP contribution is -2.41. The van der Waals surface area contributed by atoms with Crippen LogP contribution in [0, 0.1) is 5.92 Å². The molecule has 6 heteroatoms. The van der Waals surface area contributed by atoms with Gasteiger partial charge in [-0.25, -0.2) is 4.98 Å². The van der Waals surface area contributed by atoms with Gasteiger partial charge < -0.3 is 15.6 Å². The Morgan fingerprint density at radius 1 is 1.24 bits per heavy atom. The summed E-state index contributed by atoms with van der Waals surface area (Å²) in [6.45, 7) is 11.8. The van der Waals surface area contributed by atoms with E-state index < -0.39 is 0 Å². The summed E-state index contributed by atoms with van der Waals surface area (Å²) in [5.41, 5.74) is 9.69. The van der Waals surface area contributed by atoms with Gasteiger partial charge in [-0.3, -0.25) is 9.88 Å². The van der Waals surface area contributed by atoms with Gasteiger partial charge in [0.05, 0.1) is 24.1 Å². The van der Waals surface area contributed by atoms with Crippen molar-refractivity contribution in [2.24, 2.45) is 11.7 Å². The molecule has 0 saturated carbocycles. The average Bonchev–Trinajstić information content (AvgIpc) is 3.27. The molecule has 0 radical (unpaired) electrons. The van der Waals surface area contributed by atoms with Gasteiger partial charge in [0.1, 0.15) is 5.82 Å². The second-order valence-electron chi connectivity index (χ2n) is 8.96. The Hall–Kier alpha value is -2.02. The van der Waals surface area contributed by atoms with Crippen molar-refractivity contribution in [3.8, 4) is 0 Å². The maximum atomic E-state index is 5.86. The maximum absolute atomic E-state index is 5.86. The molecule has 2 aliphatic rings. The summed E-state index contributed by atoms with van der Waals surface area (Å²) in [4.78, 5) is 12.1. The number of nitrogens with two attached hydrogens (primary N) is 1. The van der Waals surface area contributed by atoms with Crippen LogP contribution in [0.2, 0.25) is 0 Å². The van der Waals surface area contributed by atoms with Crippen molar-refractivity contribution >= 4 is 6.08 Å². The van der Waals surface area contributed by atoms with E-state index in [2.05, 4.69) is 35.5 Å². The fraction of sp³-hybridized carbons (Fsp3) is 0.643. The number of piperidine rings is 1. The molecule has 2 aromatic heterocycles. The molecule has 0 aromatic carbocycles. The molecule has 1 saturated heterocycles. The summed E-state index contributed by atoms with van der Waals surface area (Å²) in [5.74, 6) is 1.67. The van der Waals surface area contributed by atoms with E-state index >= 15 is 0 Å². The number of fused-ring (bicyclic) bond motifs is 3. The molecule has 0 spiro atoms. The molecule has 0 bridgehead atoms. The number of rotatable bonds is 8. The summed E-state index contributed by atoms with van der Waals surface area (Å²) < 4.78 is 2.02. The third-order valence-corrected chi connectivity index (χ3v) is 6.62. The van der Waals surface area contributed by atoms with E-state index in [0.29, 0.717) is 12.7 Å². The van der Waals surface area contributed by atoms with Crippen LogP contribution in [-0.2, 0) is 19.6 Å². The van der Waals surface area contributed by atoms with Crippen molar-refractivity contribution in [1.29, 1.82) is 0 Å². The Morgan fingerprint density at radius 3 is 2.76 bits per heavy atom. The first-order chi connectivity index (χ1) is 16.7. The van der Waals surface area contributed by atoms with E-state index in [1.165, 1.54) is 62.7 Å². The first-order valence-electron chi connectivity index (χ1n) is 13.4. The number of pyridine rings is 1. The monoisotopic (exact) mass is 468 g/mol. The van der Waals surface area contributed by atoms with Gasteiger partial charge >= 0.3 is 0 Å². The summed E-state index contributed by atoms with van der Waals surface area (Å²) in [7, 11) is 2.00. The number of unbranched alkanes of at least 4 members (excludes halogenated alkanes) is 2. The second kappa shape index (κ2) is 15.8. The molecule has 1 aliphatic heterocycles. The van der Waals surface area contributed by atoms with Crippen LogP contribution in [0.5, 0.6) is 0 Å². The van der Waals surface area contributed by atoms with Crippen LogP contribution in [-0.4, -0.2) is 39.6 Å². The molecule has 3 heterocycles. The van der Waals surface area contributed by atoms with Crippen LogP contribution in [0.15, 0.2) is 30.6 Å². The predicted molar refractivity (Wildman–Crippen MR) is 144 cm³/mol. The third kappa shape index (κ3) is 7.76. The molecular weight excluding hydrogens is 420 g/mol. The third-order valence-electron chi connectivity index (χ3n) is 6.62. The first-order valence-corrected chi connectivity index (χ1v) is 13.4. The van der Waals surface area contributed by atoms with Gasteiger partial charge in [-0.15, -0.1) is 0 Å². The quantitative estimate of drug-likeness (QED) is 0.497. The van der Waals surface area contributed by atoms with Crippen molar-refractivity contribution in [3.63, 3.8) is 0 Å². The van der Waals surface area contributed by atoms with Gasteiger partial charge in [0.2, 0.25) is 0 Å². The molecule has 0 amide bonds. The number of hydrogen-bond donors (Lipinski definition) is 2. The normalized spacial score (nSPS) is 19.5. The van der Waals surface area contributed by atoms with Crippen LogP contribution in [0.4, 0.5) is 0 Å². The Kier molecular flexibility index (Phi) is 13.1. The summed E-state index contributed by atoms with van der Waals surface area (Å²) in [6, 6.07) is 4.75. The fourth-order valence-corrected chi connectivity index (χ4v) is 5.05. The first kappa shape index (κ1) is 28.2. The highest BCUT2D eigenvalue weighted by Gasteiger charge is 2.37. The van der Waals surface area contributed by atoms with E-state index in [4.69, 9.17) is 15.7 Å². The van der Waals surface area contributed by atoms with Crippen molar-refractivity contribution in [2.75, 3.05) is 20.1 Å². The molecular formula is C28H48N6. The molecule has 4 rings (SSSR count). The number of aryl methyl sites for hydroxylation is 1. The van der Waals surface area contributed by atoms with Crippen molar-refractivity contribution in [3.05, 3.63) is 53.4 Å². The zero-order chi connectivity index (χ0) is 24.8. The highest BCUT2D eigenvalue weighted by atomic mass is 15.2. The minimum atomic E-state index is 0.437. The van der Waals surface area contributed by atoms with Crippen LogP contribution in [0.25, 0.3) is 6.08 Å². The minimum Gasteiger partial charge on any atom is -0.320 e. The van der Waals surface area contributed by atoms with Crippen molar-refractivity contribution in [1.82, 2.24) is 24.8 Å². The van der Waals surface area contributed by atoms with E-state index in [-0.39, 0.29) is 0 Å². The standard InChI is InChI=1S/C20H27N5.C6H15N.C2H6/c1-2-5-18-23-17(13-25(18)14-21)12-24-11-4-7-16-9-8-15-6-3-10-22-19(15)20(16)24;1-3-4-5-6-7-2;1-2/h2-3,5-6,10,13,16,20H,4,7-9,11-12,14,21H2,1H3;7H,3-6H2,1-2H3;1-2H3/b5-2-;;. The molecule has 1 aliphatic carbocycles. The largest absolute Gasteiger partial charge is 0.320 e. The summed E-state index contributed by atoms with van der Waals surface area (Å²) in [6.07, 6.45) is 17.1. The number of nitrogens with one attached hydrogen (secondary N) is 1. The smallest absolute Gasteiger partial charge is 0.133 e. The SMILES string of the molecule is C/C=C\c1nc(CN2CCCC3CCc4cccnc4C32)cn1CN.CC.CCCCCNC. The number of likely N-dealkylation sites (tertiary alicyclic amines) is 1. The van der Waals surface area contributed by atoms with Gasteiger partial charge in [0.25, 0.3) is 0 Å². The zero-order valence-electron chi connectivity index (χ0n) is 22.3. The van der Waals surface area contributed by atoms with Gasteiger partial charge in [0.15, 0.2) is 0 Å². The highest BCUT2D eigenvalue weighted by molar-refractivity contribution is 5.40. The van der Waals surface area contributed by atoms with Crippen LogP contribution in [0.3, 0.4) is 0 Å². The molecule has 2 unspecified atom stereocenters. The van der Waals surface area contributed by atoms with Crippen LogP contribution < -0.4 is 11.1 Å². The predicted octanol–water partition coefficient (Wildman–Crippen LogP) is 5.55. The molecule has 1 fully saturated rings. The highest BCUT2D eigenvalue weighted by Crippen LogP contribution is 2.43. The lowest BCUT2D eigenvalue weighted by molar-refractivity contribution is 0.0686. The Labute approximate surface area is 208 Å². The Balaban J connectivity index is 0.000000393. The summed E-state index contributed by atoms with van der Waals surface area (Å²) in [5, 5.41) is 3.10. The number of imidazole rings is 1. The van der Waals surface area contributed by atoms with E-state index in [1.807, 2.05) is 50.7 Å². The van der Waals surface area contributed by atoms with E-state index in [1.54, 1.807) is 0 Å². The maximum Gasteiger partial charge on any atom is 0.133 e. The van der Waals surface area contributed by atoms with Crippen molar-refractivity contribution < 1.29 is 0 Å². The van der Waals surface area contributed by atoms with Gasteiger partial charge in [0, 0.05) is 18.9 Å². The Morgan fingerprint density at radius 2 is 2.06 bits per heavy atom. The Bertz CT molecular complexity index is 839. The lowest BCUT2D eigenvalue weighted by Gasteiger charge is -2.44. The van der Waals surface area contributed by atoms with E-state index in [0.717, 1.165) is 30.5 Å². The molecule has 34 heavy (non-hydrogen) atoms. The molecule has 190 valence electrons. The van der Waals surface area contributed by atoms with Crippen LogP contribution >= 0.6 is 0 Å². The fourth-order valence-electron chi connectivity index (χ4n) is 5.05. The molecule has 2 atom stereocenters. The van der Waals surface area contributed by atoms with Gasteiger partial charge in [-0.05, 0) is 82.8 Å². The average molecular weight is 469 g/mol. The number of nitrogens with zero attached hydrogens (tertiary/aromatic N) is 4. The van der Waals surface area contributed by atoms with E-state index in [9.17, 15) is 0 Å². The summed E-state index contributed by atoms with van der Waals surface area (Å²) >= 11 is 0. The minimum absolute atomic E-state index is 0.437. The number of hydrogen-bond acceptors (Lipinski definition) is 5. The van der Waals surface area contributed by atoms with Gasteiger partial charge in [-0.1, -0.05) is 45.8 Å². The van der Waals surface area contributed by atoms with Crippen molar-refractivity contribution in [2.45, 2.75) is 91.9 Å². The zero-order valence-corrected chi connectivity index (χ0v) is 22.3.